The molecule has 1 amide bonds. The lowest BCUT2D eigenvalue weighted by Gasteiger charge is -2.14. The molecule has 4 heteroatoms. The zero-order valence-electron chi connectivity index (χ0n) is 9.12. The molecule has 0 aromatic carbocycles. The van der Waals surface area contributed by atoms with E-state index in [1.165, 1.54) is 0 Å². The van der Waals surface area contributed by atoms with Crippen molar-refractivity contribution in [2.45, 2.75) is 39.2 Å². The summed E-state index contributed by atoms with van der Waals surface area (Å²) >= 11 is 0. The molecule has 15 heavy (non-hydrogen) atoms. The quantitative estimate of drug-likeness (QED) is 0.644. The van der Waals surface area contributed by atoms with E-state index in [1.54, 1.807) is 6.92 Å². The van der Waals surface area contributed by atoms with Crippen LogP contribution >= 0.6 is 0 Å². The predicted octanol–water partition coefficient (Wildman–Crippen LogP) is 1.02. The van der Waals surface area contributed by atoms with Gasteiger partial charge in [-0.2, -0.15) is 0 Å². The van der Waals surface area contributed by atoms with Crippen LogP contribution in [0.25, 0.3) is 0 Å². The minimum Gasteiger partial charge on any atom is -0.481 e. The highest BCUT2D eigenvalue weighted by Gasteiger charge is 2.17. The van der Waals surface area contributed by atoms with Crippen molar-refractivity contribution in [3.63, 3.8) is 0 Å². The number of aliphatic carboxylic acids is 1. The van der Waals surface area contributed by atoms with Crippen LogP contribution in [0.15, 0.2) is 0 Å². The molecule has 0 aromatic rings. The summed E-state index contributed by atoms with van der Waals surface area (Å²) in [6.45, 7) is 3.78. The van der Waals surface area contributed by atoms with Gasteiger partial charge < -0.3 is 10.4 Å². The standard InChI is InChI=1S/C11H17NO3/c1-4-6-8(3)11(15)12-9(5-2)7-10(13)14/h2,8-9H,4,6-7H2,1,3H3,(H,12,15)(H,13,14). The number of hydrogen-bond acceptors (Lipinski definition) is 2. The van der Waals surface area contributed by atoms with Crippen LogP contribution in [0.2, 0.25) is 0 Å². The monoisotopic (exact) mass is 211 g/mol. The van der Waals surface area contributed by atoms with Crippen LogP contribution in [0.1, 0.15) is 33.1 Å². The summed E-state index contributed by atoms with van der Waals surface area (Å²) in [4.78, 5) is 21.9. The van der Waals surface area contributed by atoms with Crippen LogP contribution in [0.3, 0.4) is 0 Å². The molecule has 4 nitrogen and oxygen atoms in total. The average molecular weight is 211 g/mol. The highest BCUT2D eigenvalue weighted by atomic mass is 16.4. The first-order valence-corrected chi connectivity index (χ1v) is 4.99. The molecule has 0 aromatic heterocycles. The number of carboxylic acids is 1. The van der Waals surface area contributed by atoms with E-state index in [0.29, 0.717) is 0 Å². The molecule has 84 valence electrons. The Bertz CT molecular complexity index is 267. The largest absolute Gasteiger partial charge is 0.481 e. The zero-order chi connectivity index (χ0) is 11.8. The molecule has 0 aliphatic carbocycles. The molecule has 0 saturated heterocycles. The number of carboxylic acid groups (broad SMARTS) is 1. The minimum atomic E-state index is -1.01. The third kappa shape index (κ3) is 5.74. The Morgan fingerprint density at radius 3 is 2.53 bits per heavy atom. The molecule has 0 heterocycles. The van der Waals surface area contributed by atoms with E-state index in [-0.39, 0.29) is 18.2 Å². The molecule has 0 aliphatic heterocycles. The van der Waals surface area contributed by atoms with E-state index in [4.69, 9.17) is 11.5 Å². The summed E-state index contributed by atoms with van der Waals surface area (Å²) in [6.07, 6.45) is 6.57. The van der Waals surface area contributed by atoms with Crippen LogP contribution in [-0.2, 0) is 9.59 Å². The van der Waals surface area contributed by atoms with Crippen LogP contribution in [0, 0.1) is 18.3 Å². The zero-order valence-corrected chi connectivity index (χ0v) is 9.12. The summed E-state index contributed by atoms with van der Waals surface area (Å²) in [6, 6.07) is -0.714. The van der Waals surface area contributed by atoms with Crippen molar-refractivity contribution in [3.05, 3.63) is 0 Å². The van der Waals surface area contributed by atoms with Crippen molar-refractivity contribution in [3.8, 4) is 12.3 Å². The number of amides is 1. The Morgan fingerprint density at radius 2 is 2.13 bits per heavy atom. The Hall–Kier alpha value is -1.50. The van der Waals surface area contributed by atoms with Gasteiger partial charge in [-0.05, 0) is 6.42 Å². The molecular weight excluding hydrogens is 194 g/mol. The fourth-order valence-corrected chi connectivity index (χ4v) is 1.20. The van der Waals surface area contributed by atoms with Gasteiger partial charge in [0, 0.05) is 5.92 Å². The Morgan fingerprint density at radius 1 is 1.53 bits per heavy atom. The third-order valence-corrected chi connectivity index (χ3v) is 2.07. The summed E-state index contributed by atoms with van der Waals surface area (Å²) in [5, 5.41) is 11.0. The van der Waals surface area contributed by atoms with Crippen molar-refractivity contribution in [1.82, 2.24) is 5.32 Å². The van der Waals surface area contributed by atoms with E-state index in [9.17, 15) is 9.59 Å². The number of nitrogens with one attached hydrogen (secondary N) is 1. The first kappa shape index (κ1) is 13.5. The SMILES string of the molecule is C#CC(CC(=O)O)NC(=O)C(C)CCC. The van der Waals surface area contributed by atoms with Gasteiger partial charge in [0.15, 0.2) is 0 Å². The van der Waals surface area contributed by atoms with Crippen molar-refractivity contribution >= 4 is 11.9 Å². The van der Waals surface area contributed by atoms with Gasteiger partial charge in [-0.3, -0.25) is 9.59 Å². The highest BCUT2D eigenvalue weighted by Crippen LogP contribution is 2.05. The molecule has 0 bridgehead atoms. The van der Waals surface area contributed by atoms with Crippen LogP contribution < -0.4 is 5.32 Å². The van der Waals surface area contributed by atoms with Gasteiger partial charge in [-0.15, -0.1) is 6.42 Å². The number of carbonyl (C=O) groups excluding carboxylic acids is 1. The normalized spacial score (nSPS) is 13.7. The minimum absolute atomic E-state index is 0.125. The average Bonchev–Trinajstić information content (AvgIpc) is 2.16. The van der Waals surface area contributed by atoms with Crippen molar-refractivity contribution in [1.29, 1.82) is 0 Å². The second-order valence-electron chi connectivity index (χ2n) is 3.52. The van der Waals surface area contributed by atoms with E-state index in [1.807, 2.05) is 6.92 Å². The van der Waals surface area contributed by atoms with Gasteiger partial charge in [-0.25, -0.2) is 0 Å². The third-order valence-electron chi connectivity index (χ3n) is 2.07. The maximum Gasteiger partial charge on any atom is 0.306 e. The molecular formula is C11H17NO3. The van der Waals surface area contributed by atoms with Crippen LogP contribution in [0.5, 0.6) is 0 Å². The molecule has 2 unspecified atom stereocenters. The fraction of sp³-hybridized carbons (Fsp3) is 0.636. The summed E-state index contributed by atoms with van der Waals surface area (Å²) in [5.74, 6) is 0.931. The lowest BCUT2D eigenvalue weighted by atomic mass is 10.0. The van der Waals surface area contributed by atoms with Gasteiger partial charge in [0.1, 0.15) is 6.04 Å². The fourth-order valence-electron chi connectivity index (χ4n) is 1.20. The molecule has 0 radical (unpaired) electrons. The maximum absolute atomic E-state index is 11.5. The first-order chi connectivity index (χ1) is 7.01. The Kier molecular flexibility index (Phi) is 6.19. The molecule has 0 aliphatic rings. The second-order valence-corrected chi connectivity index (χ2v) is 3.52. The van der Waals surface area contributed by atoms with Gasteiger partial charge in [0.05, 0.1) is 6.42 Å². The lowest BCUT2D eigenvalue weighted by molar-refractivity contribution is -0.137. The number of hydrogen-bond donors (Lipinski definition) is 2. The predicted molar refractivity (Wildman–Crippen MR) is 57.1 cm³/mol. The highest BCUT2D eigenvalue weighted by molar-refractivity contribution is 5.80. The topological polar surface area (TPSA) is 66.4 Å². The van der Waals surface area contributed by atoms with Gasteiger partial charge in [0.2, 0.25) is 5.91 Å². The van der Waals surface area contributed by atoms with Crippen molar-refractivity contribution in [2.75, 3.05) is 0 Å². The Balaban J connectivity index is 4.13. The van der Waals surface area contributed by atoms with Gasteiger partial charge in [0.25, 0.3) is 0 Å². The van der Waals surface area contributed by atoms with E-state index < -0.39 is 12.0 Å². The van der Waals surface area contributed by atoms with E-state index in [2.05, 4.69) is 11.2 Å². The molecule has 2 N–H and O–H groups in total. The summed E-state index contributed by atoms with van der Waals surface area (Å²) in [7, 11) is 0. The molecule has 0 rings (SSSR count). The first-order valence-electron chi connectivity index (χ1n) is 4.99. The maximum atomic E-state index is 11.5. The van der Waals surface area contributed by atoms with Gasteiger partial charge >= 0.3 is 5.97 Å². The van der Waals surface area contributed by atoms with Crippen LogP contribution in [-0.4, -0.2) is 23.0 Å². The van der Waals surface area contributed by atoms with E-state index in [0.717, 1.165) is 12.8 Å². The molecule has 0 fully saturated rings. The second kappa shape index (κ2) is 6.88. The Labute approximate surface area is 90.1 Å². The van der Waals surface area contributed by atoms with Crippen molar-refractivity contribution < 1.29 is 14.7 Å². The van der Waals surface area contributed by atoms with Crippen LogP contribution in [0.4, 0.5) is 0 Å². The summed E-state index contributed by atoms with van der Waals surface area (Å²) < 4.78 is 0. The van der Waals surface area contributed by atoms with Gasteiger partial charge in [-0.1, -0.05) is 26.2 Å². The number of terminal acetylenes is 1. The van der Waals surface area contributed by atoms with E-state index >= 15 is 0 Å². The summed E-state index contributed by atoms with van der Waals surface area (Å²) in [5.41, 5.74) is 0. The molecule has 0 spiro atoms. The lowest BCUT2D eigenvalue weighted by Crippen LogP contribution is -2.38. The molecule has 2 atom stereocenters. The molecule has 0 saturated carbocycles. The smallest absolute Gasteiger partial charge is 0.306 e. The number of carbonyl (C=O) groups is 2. The van der Waals surface area contributed by atoms with Crippen molar-refractivity contribution in [2.24, 2.45) is 5.92 Å². The number of rotatable bonds is 6.